The summed E-state index contributed by atoms with van der Waals surface area (Å²) in [4.78, 5) is 28.0. The van der Waals surface area contributed by atoms with Crippen LogP contribution in [0.2, 0.25) is 0 Å². The van der Waals surface area contributed by atoms with E-state index in [9.17, 15) is 9.59 Å². The lowest BCUT2D eigenvalue weighted by Crippen LogP contribution is -2.50. The van der Waals surface area contributed by atoms with Gasteiger partial charge in [0.2, 0.25) is 5.91 Å². The van der Waals surface area contributed by atoms with Crippen LogP contribution in [0.5, 0.6) is 5.75 Å². The second-order valence-corrected chi connectivity index (χ2v) is 7.01. The number of methoxy groups -OCH3 is 1. The first kappa shape index (κ1) is 18.7. The zero-order valence-corrected chi connectivity index (χ0v) is 16.2. The van der Waals surface area contributed by atoms with Crippen LogP contribution in [0, 0.1) is 0 Å². The minimum absolute atomic E-state index is 0.144. The van der Waals surface area contributed by atoms with Gasteiger partial charge < -0.3 is 15.0 Å². The molecule has 0 aromatic heterocycles. The van der Waals surface area contributed by atoms with Crippen LogP contribution in [0.1, 0.15) is 21.5 Å². The van der Waals surface area contributed by atoms with Crippen LogP contribution < -0.4 is 10.1 Å². The van der Waals surface area contributed by atoms with Gasteiger partial charge in [-0.2, -0.15) is 0 Å². The molecular weight excluding hydrogens is 364 g/mol. The molecule has 2 amide bonds. The minimum Gasteiger partial charge on any atom is -0.497 e. The summed E-state index contributed by atoms with van der Waals surface area (Å²) >= 11 is 0. The predicted molar refractivity (Wildman–Crippen MR) is 112 cm³/mol. The van der Waals surface area contributed by atoms with Gasteiger partial charge in [-0.05, 0) is 47.5 Å². The van der Waals surface area contributed by atoms with Crippen molar-refractivity contribution in [2.24, 2.45) is 0 Å². The molecule has 3 aromatic rings. The van der Waals surface area contributed by atoms with Crippen molar-refractivity contribution in [3.63, 3.8) is 0 Å². The minimum atomic E-state index is -0.584. The van der Waals surface area contributed by atoms with Crippen molar-refractivity contribution >= 4 is 17.5 Å². The lowest BCUT2D eigenvalue weighted by Gasteiger charge is -2.36. The molecule has 3 aromatic carbocycles. The second-order valence-electron chi connectivity index (χ2n) is 7.01. The molecule has 4 rings (SSSR count). The zero-order chi connectivity index (χ0) is 20.2. The van der Waals surface area contributed by atoms with Gasteiger partial charge in [-0.25, -0.2) is 0 Å². The Balaban J connectivity index is 1.62. The van der Waals surface area contributed by atoms with E-state index in [0.717, 1.165) is 16.9 Å². The highest BCUT2D eigenvalue weighted by Crippen LogP contribution is 2.26. The number of amides is 2. The monoisotopic (exact) mass is 386 g/mol. The number of anilines is 1. The lowest BCUT2D eigenvalue weighted by atomic mass is 9.92. The fraction of sp³-hybridized carbons (Fsp3) is 0.167. The standard InChI is InChI=1S/C24H22N2O3/c1-29-21-13-11-20(12-14-21)25-23(27)22-15-18-9-5-6-10-19(18)16-26(22)24(28)17-7-3-2-4-8-17/h2-14,22H,15-16H2,1H3,(H,25,27)/t22-/m1/s1. The maximum absolute atomic E-state index is 13.2. The Morgan fingerprint density at radius 2 is 1.55 bits per heavy atom. The molecular formula is C24H22N2O3. The molecule has 1 aliphatic rings. The van der Waals surface area contributed by atoms with Gasteiger partial charge in [-0.1, -0.05) is 42.5 Å². The summed E-state index contributed by atoms with van der Waals surface area (Å²) in [7, 11) is 1.60. The highest BCUT2D eigenvalue weighted by Gasteiger charge is 2.35. The molecule has 1 N–H and O–H groups in total. The van der Waals surface area contributed by atoms with Crippen molar-refractivity contribution in [1.82, 2.24) is 4.90 Å². The van der Waals surface area contributed by atoms with Crippen molar-refractivity contribution in [3.05, 3.63) is 95.6 Å². The third kappa shape index (κ3) is 3.99. The molecule has 29 heavy (non-hydrogen) atoms. The largest absolute Gasteiger partial charge is 0.497 e. The first-order valence-corrected chi connectivity index (χ1v) is 9.53. The molecule has 5 heteroatoms. The Hall–Kier alpha value is -3.60. The molecule has 0 radical (unpaired) electrons. The van der Waals surface area contributed by atoms with Crippen molar-refractivity contribution in [2.45, 2.75) is 19.0 Å². The fourth-order valence-corrected chi connectivity index (χ4v) is 3.62. The smallest absolute Gasteiger partial charge is 0.254 e. The molecule has 0 spiro atoms. The van der Waals surface area contributed by atoms with Crippen LogP contribution in [-0.2, 0) is 17.8 Å². The van der Waals surface area contributed by atoms with Gasteiger partial charge in [0.05, 0.1) is 7.11 Å². The van der Waals surface area contributed by atoms with Crippen LogP contribution in [0.4, 0.5) is 5.69 Å². The summed E-state index contributed by atoms with van der Waals surface area (Å²) in [5, 5.41) is 2.94. The van der Waals surface area contributed by atoms with E-state index in [1.807, 2.05) is 42.5 Å². The molecule has 0 saturated heterocycles. The van der Waals surface area contributed by atoms with Gasteiger partial charge in [-0.15, -0.1) is 0 Å². The number of hydrogen-bond acceptors (Lipinski definition) is 3. The topological polar surface area (TPSA) is 58.6 Å². The van der Waals surface area contributed by atoms with Gasteiger partial charge in [0, 0.05) is 24.2 Å². The third-order valence-corrected chi connectivity index (χ3v) is 5.19. The number of fused-ring (bicyclic) bond motifs is 1. The Bertz CT molecular complexity index is 1020. The quantitative estimate of drug-likeness (QED) is 0.740. The molecule has 0 fully saturated rings. The number of rotatable bonds is 4. The van der Waals surface area contributed by atoms with Crippen LogP contribution >= 0.6 is 0 Å². The highest BCUT2D eigenvalue weighted by atomic mass is 16.5. The van der Waals surface area contributed by atoms with Gasteiger partial charge in [0.1, 0.15) is 11.8 Å². The van der Waals surface area contributed by atoms with Gasteiger partial charge in [-0.3, -0.25) is 9.59 Å². The van der Waals surface area contributed by atoms with Crippen molar-refractivity contribution in [1.29, 1.82) is 0 Å². The summed E-state index contributed by atoms with van der Waals surface area (Å²) in [6, 6.07) is 23.6. The van der Waals surface area contributed by atoms with Crippen molar-refractivity contribution < 1.29 is 14.3 Å². The van der Waals surface area contributed by atoms with E-state index in [4.69, 9.17) is 4.74 Å². The normalized spacial score (nSPS) is 15.3. The average molecular weight is 386 g/mol. The van der Waals surface area contributed by atoms with Crippen LogP contribution in [0.3, 0.4) is 0 Å². The van der Waals surface area contributed by atoms with Crippen LogP contribution in [-0.4, -0.2) is 29.9 Å². The third-order valence-electron chi connectivity index (χ3n) is 5.19. The molecule has 1 atom stereocenters. The summed E-state index contributed by atoms with van der Waals surface area (Å²) in [6.07, 6.45) is 0.483. The molecule has 0 bridgehead atoms. The first-order chi connectivity index (χ1) is 14.2. The van der Waals surface area contributed by atoms with E-state index in [2.05, 4.69) is 5.32 Å². The number of ether oxygens (including phenoxy) is 1. The first-order valence-electron chi connectivity index (χ1n) is 9.53. The van der Waals surface area contributed by atoms with E-state index in [0.29, 0.717) is 24.2 Å². The van der Waals surface area contributed by atoms with Gasteiger partial charge in [0.25, 0.3) is 5.91 Å². The zero-order valence-electron chi connectivity index (χ0n) is 16.2. The van der Waals surface area contributed by atoms with E-state index >= 15 is 0 Å². The number of carbonyl (C=O) groups is 2. The Morgan fingerprint density at radius 3 is 2.24 bits per heavy atom. The van der Waals surface area contributed by atoms with Crippen molar-refractivity contribution in [2.75, 3.05) is 12.4 Å². The summed E-state index contributed by atoms with van der Waals surface area (Å²) in [5.41, 5.74) is 3.42. The molecule has 0 unspecified atom stereocenters. The number of hydrogen-bond donors (Lipinski definition) is 1. The van der Waals surface area contributed by atoms with E-state index in [-0.39, 0.29) is 11.8 Å². The van der Waals surface area contributed by atoms with E-state index < -0.39 is 6.04 Å². The second kappa shape index (κ2) is 8.19. The summed E-state index contributed by atoms with van der Waals surface area (Å²) in [5.74, 6) is 0.374. The lowest BCUT2D eigenvalue weighted by molar-refractivity contribution is -0.121. The maximum atomic E-state index is 13.2. The molecule has 1 aliphatic heterocycles. The SMILES string of the molecule is COc1ccc(NC(=O)[C@H]2Cc3ccccc3CN2C(=O)c2ccccc2)cc1. The van der Waals surface area contributed by atoms with Gasteiger partial charge >= 0.3 is 0 Å². The van der Waals surface area contributed by atoms with E-state index in [1.165, 1.54) is 0 Å². The van der Waals surface area contributed by atoms with E-state index in [1.54, 1.807) is 48.4 Å². The highest BCUT2D eigenvalue weighted by molar-refractivity contribution is 6.01. The number of nitrogens with one attached hydrogen (secondary N) is 1. The Morgan fingerprint density at radius 1 is 0.897 bits per heavy atom. The summed E-state index contributed by atoms with van der Waals surface area (Å²) in [6.45, 7) is 0.407. The molecule has 0 saturated carbocycles. The fourth-order valence-electron chi connectivity index (χ4n) is 3.62. The number of benzene rings is 3. The number of nitrogens with zero attached hydrogens (tertiary/aromatic N) is 1. The Kier molecular flexibility index (Phi) is 5.29. The van der Waals surface area contributed by atoms with Crippen molar-refractivity contribution in [3.8, 4) is 5.75 Å². The molecule has 146 valence electrons. The van der Waals surface area contributed by atoms with Crippen LogP contribution in [0.15, 0.2) is 78.9 Å². The Labute approximate surface area is 169 Å². The molecule has 5 nitrogen and oxygen atoms in total. The van der Waals surface area contributed by atoms with Crippen LogP contribution in [0.25, 0.3) is 0 Å². The molecule has 1 heterocycles. The maximum Gasteiger partial charge on any atom is 0.254 e. The predicted octanol–water partition coefficient (Wildman–Crippen LogP) is 3.90. The summed E-state index contributed by atoms with van der Waals surface area (Å²) < 4.78 is 5.16. The average Bonchev–Trinajstić information content (AvgIpc) is 2.78. The van der Waals surface area contributed by atoms with Gasteiger partial charge in [0.15, 0.2) is 0 Å². The molecule has 0 aliphatic carbocycles. The number of carbonyl (C=O) groups excluding carboxylic acids is 2.